The van der Waals surface area contributed by atoms with Crippen molar-refractivity contribution in [3.63, 3.8) is 0 Å². The molecule has 1 fully saturated rings. The molecule has 1 aromatic carbocycles. The number of aromatic nitrogens is 4. The number of benzene rings is 1. The lowest BCUT2D eigenvalue weighted by atomic mass is 10.2. The lowest BCUT2D eigenvalue weighted by Crippen LogP contribution is -2.10. The molecule has 7 nitrogen and oxygen atoms in total. The number of rotatable bonds is 5. The first-order chi connectivity index (χ1) is 12.6. The van der Waals surface area contributed by atoms with Gasteiger partial charge in [0.15, 0.2) is 0 Å². The van der Waals surface area contributed by atoms with Gasteiger partial charge in [0.05, 0.1) is 22.9 Å². The number of hydrogen-bond donors (Lipinski definition) is 1. The van der Waals surface area contributed by atoms with Gasteiger partial charge in [0.2, 0.25) is 17.6 Å². The highest BCUT2D eigenvalue weighted by molar-refractivity contribution is 9.10. The molecule has 9 heteroatoms. The maximum Gasteiger partial charge on any atom is 0.230 e. The molecule has 0 bridgehead atoms. The zero-order valence-corrected chi connectivity index (χ0v) is 16.2. The molecule has 1 saturated carbocycles. The molecule has 0 unspecified atom stereocenters. The van der Waals surface area contributed by atoms with Crippen molar-refractivity contribution in [3.8, 4) is 17.2 Å². The summed E-state index contributed by atoms with van der Waals surface area (Å²) in [5.41, 5.74) is 2.68. The Bertz CT molecular complexity index is 979. The van der Waals surface area contributed by atoms with E-state index in [1.807, 2.05) is 22.8 Å². The van der Waals surface area contributed by atoms with E-state index >= 15 is 0 Å². The van der Waals surface area contributed by atoms with Crippen LogP contribution in [0.3, 0.4) is 0 Å². The Morgan fingerprint density at radius 2 is 2.27 bits per heavy atom. The van der Waals surface area contributed by atoms with Crippen molar-refractivity contribution >= 4 is 39.1 Å². The van der Waals surface area contributed by atoms with Crippen LogP contribution in [0.4, 0.5) is 5.69 Å². The monoisotopic (exact) mass is 435 g/mol. The van der Waals surface area contributed by atoms with Gasteiger partial charge in [-0.2, -0.15) is 4.98 Å². The summed E-state index contributed by atoms with van der Waals surface area (Å²) in [6, 6.07) is 5.61. The van der Waals surface area contributed by atoms with Crippen LogP contribution in [0.5, 0.6) is 0 Å². The predicted octanol–water partition coefficient (Wildman–Crippen LogP) is 4.26. The molecule has 4 rings (SSSR count). The third-order valence-electron chi connectivity index (χ3n) is 4.13. The van der Waals surface area contributed by atoms with Gasteiger partial charge in [-0.25, -0.2) is 4.98 Å². The summed E-state index contributed by atoms with van der Waals surface area (Å²) in [5.74, 6) is 1.48. The third-order valence-corrected chi connectivity index (χ3v) is 5.04. The van der Waals surface area contributed by atoms with Gasteiger partial charge >= 0.3 is 0 Å². The van der Waals surface area contributed by atoms with Crippen molar-refractivity contribution in [1.29, 1.82) is 0 Å². The lowest BCUT2D eigenvalue weighted by Gasteiger charge is -2.14. The molecule has 1 aliphatic rings. The van der Waals surface area contributed by atoms with E-state index < -0.39 is 0 Å². The van der Waals surface area contributed by atoms with E-state index in [1.165, 1.54) is 6.92 Å². The van der Waals surface area contributed by atoms with E-state index in [2.05, 4.69) is 36.4 Å². The summed E-state index contributed by atoms with van der Waals surface area (Å²) in [5, 5.41) is 6.89. The highest BCUT2D eigenvalue weighted by atomic mass is 79.9. The fourth-order valence-corrected chi connectivity index (χ4v) is 3.45. The van der Waals surface area contributed by atoms with Gasteiger partial charge in [-0.3, -0.25) is 9.36 Å². The first kappa shape index (κ1) is 17.2. The van der Waals surface area contributed by atoms with Crippen molar-refractivity contribution in [1.82, 2.24) is 19.7 Å². The van der Waals surface area contributed by atoms with E-state index in [-0.39, 0.29) is 11.8 Å². The minimum atomic E-state index is -0.168. The number of anilines is 1. The second kappa shape index (κ2) is 6.85. The average molecular weight is 437 g/mol. The molecule has 0 radical (unpaired) electrons. The number of halogens is 2. The molecule has 134 valence electrons. The Labute approximate surface area is 162 Å². The van der Waals surface area contributed by atoms with Gasteiger partial charge in [0.25, 0.3) is 0 Å². The van der Waals surface area contributed by atoms with Crippen LogP contribution in [0, 0.1) is 0 Å². The van der Waals surface area contributed by atoms with Crippen LogP contribution >= 0.6 is 27.5 Å². The van der Waals surface area contributed by atoms with E-state index in [1.54, 1.807) is 6.33 Å². The first-order valence-corrected chi connectivity index (χ1v) is 9.44. The fraction of sp³-hybridized carbons (Fsp3) is 0.294. The predicted molar refractivity (Wildman–Crippen MR) is 100 cm³/mol. The Morgan fingerprint density at radius 1 is 1.46 bits per heavy atom. The number of nitrogens with zero attached hydrogens (tertiary/aromatic N) is 4. The molecule has 2 aromatic heterocycles. The molecule has 2 heterocycles. The maximum atomic E-state index is 11.6. The molecule has 0 atom stereocenters. The molecule has 1 amide bonds. The third kappa shape index (κ3) is 3.14. The topological polar surface area (TPSA) is 85.8 Å². The van der Waals surface area contributed by atoms with Crippen molar-refractivity contribution in [3.05, 3.63) is 40.6 Å². The van der Waals surface area contributed by atoms with Crippen LogP contribution in [0.2, 0.25) is 0 Å². The number of carbonyl (C=O) groups is 1. The molecule has 1 aliphatic carbocycles. The second-order valence-corrected chi connectivity index (χ2v) is 7.21. The number of nitrogens with one attached hydrogen (secondary N) is 1. The Kier molecular flexibility index (Phi) is 4.54. The van der Waals surface area contributed by atoms with Gasteiger partial charge in [-0.05, 0) is 40.9 Å². The van der Waals surface area contributed by atoms with E-state index in [4.69, 9.17) is 16.1 Å². The van der Waals surface area contributed by atoms with Gasteiger partial charge in [0.1, 0.15) is 12.0 Å². The van der Waals surface area contributed by atoms with Crippen LogP contribution in [0.25, 0.3) is 17.2 Å². The Morgan fingerprint density at radius 3 is 2.96 bits per heavy atom. The van der Waals surface area contributed by atoms with Gasteiger partial charge in [0, 0.05) is 17.3 Å². The zero-order chi connectivity index (χ0) is 18.3. The SMILES string of the molecule is CC(=O)Nc1c(Br)cccc1-n1cnc(-c2noc(C3CC3)n2)c1CCl. The average Bonchev–Trinajstić information content (AvgIpc) is 3.19. The summed E-state index contributed by atoms with van der Waals surface area (Å²) >= 11 is 9.69. The minimum absolute atomic E-state index is 0.168. The van der Waals surface area contributed by atoms with E-state index in [0.29, 0.717) is 29.0 Å². The van der Waals surface area contributed by atoms with Crippen LogP contribution in [0.15, 0.2) is 33.5 Å². The van der Waals surface area contributed by atoms with Gasteiger partial charge in [-0.1, -0.05) is 11.2 Å². The quantitative estimate of drug-likeness (QED) is 0.604. The van der Waals surface area contributed by atoms with Crippen molar-refractivity contribution in [2.75, 3.05) is 5.32 Å². The summed E-state index contributed by atoms with van der Waals surface area (Å²) in [6.45, 7) is 1.46. The second-order valence-electron chi connectivity index (χ2n) is 6.09. The van der Waals surface area contributed by atoms with Crippen LogP contribution in [-0.4, -0.2) is 25.6 Å². The highest BCUT2D eigenvalue weighted by Crippen LogP contribution is 2.40. The Hall–Kier alpha value is -2.19. The Balaban J connectivity index is 1.80. The zero-order valence-electron chi connectivity index (χ0n) is 13.9. The molecule has 1 N–H and O–H groups in total. The fourth-order valence-electron chi connectivity index (χ4n) is 2.74. The highest BCUT2D eigenvalue weighted by Gasteiger charge is 2.30. The summed E-state index contributed by atoms with van der Waals surface area (Å²) in [4.78, 5) is 20.5. The number of carbonyl (C=O) groups excluding carboxylic acids is 1. The number of amides is 1. The molecular formula is C17H15BrClN5O2. The number of para-hydroxylation sites is 1. The summed E-state index contributed by atoms with van der Waals surface area (Å²) in [6.07, 6.45) is 3.81. The molecule has 26 heavy (non-hydrogen) atoms. The molecule has 0 aliphatic heterocycles. The largest absolute Gasteiger partial charge is 0.339 e. The van der Waals surface area contributed by atoms with E-state index in [9.17, 15) is 4.79 Å². The van der Waals surface area contributed by atoms with Crippen LogP contribution < -0.4 is 5.32 Å². The number of alkyl halides is 1. The van der Waals surface area contributed by atoms with Gasteiger partial charge < -0.3 is 9.84 Å². The standard InChI is InChI=1S/C17H15BrClN5O2/c1-9(25)21-14-11(18)3-2-4-12(14)24-8-20-15(13(24)7-19)16-22-17(26-23-16)10-5-6-10/h2-4,8,10H,5-7H2,1H3,(H,21,25). The molecule has 0 spiro atoms. The van der Waals surface area contributed by atoms with Crippen LogP contribution in [0.1, 0.15) is 37.3 Å². The smallest absolute Gasteiger partial charge is 0.230 e. The minimum Gasteiger partial charge on any atom is -0.339 e. The van der Waals surface area contributed by atoms with Gasteiger partial charge in [-0.15, -0.1) is 11.6 Å². The summed E-state index contributed by atoms with van der Waals surface area (Å²) < 4.78 is 7.92. The molecular weight excluding hydrogens is 422 g/mol. The normalized spacial score (nSPS) is 13.8. The van der Waals surface area contributed by atoms with E-state index in [0.717, 1.165) is 28.7 Å². The molecule has 3 aromatic rings. The maximum absolute atomic E-state index is 11.6. The van der Waals surface area contributed by atoms with Crippen molar-refractivity contribution < 1.29 is 9.32 Å². The van der Waals surface area contributed by atoms with Crippen LogP contribution in [-0.2, 0) is 10.7 Å². The molecule has 0 saturated heterocycles. The first-order valence-electron chi connectivity index (χ1n) is 8.11. The van der Waals surface area contributed by atoms with Crippen molar-refractivity contribution in [2.45, 2.75) is 31.6 Å². The summed E-state index contributed by atoms with van der Waals surface area (Å²) in [7, 11) is 0. The lowest BCUT2D eigenvalue weighted by molar-refractivity contribution is -0.114. The van der Waals surface area contributed by atoms with Crippen molar-refractivity contribution in [2.24, 2.45) is 0 Å². The number of imidazole rings is 1. The number of hydrogen-bond acceptors (Lipinski definition) is 5.